The van der Waals surface area contributed by atoms with E-state index in [-0.39, 0.29) is 5.41 Å². The summed E-state index contributed by atoms with van der Waals surface area (Å²) >= 11 is -2.19. The molecular formula is C7H15O3S-. The molecule has 0 spiro atoms. The maximum Gasteiger partial charge on any atom is 0.0717 e. The van der Waals surface area contributed by atoms with Gasteiger partial charge in [0.25, 0.3) is 0 Å². The zero-order valence-electron chi connectivity index (χ0n) is 7.33. The first kappa shape index (κ1) is 11.1. The molecule has 0 radical (unpaired) electrons. The summed E-state index contributed by atoms with van der Waals surface area (Å²) in [5.74, 6) is 0. The Morgan fingerprint density at radius 2 is 1.82 bits per heavy atom. The van der Waals surface area contributed by atoms with E-state index in [2.05, 4.69) is 0 Å². The van der Waals surface area contributed by atoms with Crippen molar-refractivity contribution in [1.82, 2.24) is 0 Å². The lowest BCUT2D eigenvalue weighted by atomic mass is 9.87. The second kappa shape index (κ2) is 3.65. The van der Waals surface area contributed by atoms with Gasteiger partial charge in [-0.15, -0.1) is 0 Å². The molecule has 0 heterocycles. The molecule has 0 rings (SSSR count). The highest BCUT2D eigenvalue weighted by atomic mass is 32.2. The minimum absolute atomic E-state index is 0.376. The number of aliphatic hydroxyl groups excluding tert-OH is 1. The molecule has 0 amide bonds. The molecule has 0 aliphatic rings. The third-order valence-corrected chi connectivity index (χ3v) is 2.50. The van der Waals surface area contributed by atoms with E-state index in [1.54, 1.807) is 20.8 Å². The summed E-state index contributed by atoms with van der Waals surface area (Å²) in [5, 5.41) is 8.73. The van der Waals surface area contributed by atoms with Crippen LogP contribution in [0.3, 0.4) is 0 Å². The second-order valence-corrected chi connectivity index (χ2v) is 5.04. The van der Waals surface area contributed by atoms with E-state index < -0.39 is 22.4 Å². The minimum atomic E-state index is -2.19. The van der Waals surface area contributed by atoms with Crippen LogP contribution >= 0.6 is 0 Å². The summed E-state index contributed by atoms with van der Waals surface area (Å²) in [5.41, 5.74) is -0.376. The number of rotatable bonds is 2. The van der Waals surface area contributed by atoms with Gasteiger partial charge in [-0.2, -0.15) is 0 Å². The zero-order chi connectivity index (χ0) is 9.23. The molecular weight excluding hydrogens is 164 g/mol. The highest BCUT2D eigenvalue weighted by Gasteiger charge is 2.27. The van der Waals surface area contributed by atoms with Gasteiger partial charge < -0.3 is 9.66 Å². The summed E-state index contributed by atoms with van der Waals surface area (Å²) in [4.78, 5) is 0. The Kier molecular flexibility index (Phi) is 3.67. The largest absolute Gasteiger partial charge is 0.772 e. The third kappa shape index (κ3) is 3.31. The molecule has 0 aromatic rings. The van der Waals surface area contributed by atoms with Crippen LogP contribution in [0.4, 0.5) is 0 Å². The standard InChI is InChI=1S/C7H16O3S/c1-5(11(9)10)6(8)7(2,3)4/h5-6,8H,1-4H3,(H,9,10)/p-1/t5-,6+/m0/s1. The van der Waals surface area contributed by atoms with E-state index in [0.717, 1.165) is 0 Å². The van der Waals surface area contributed by atoms with Gasteiger partial charge in [0.1, 0.15) is 0 Å². The Morgan fingerprint density at radius 1 is 1.45 bits per heavy atom. The fraction of sp³-hybridized carbons (Fsp3) is 1.00. The topological polar surface area (TPSA) is 60.4 Å². The summed E-state index contributed by atoms with van der Waals surface area (Å²) in [7, 11) is 0. The van der Waals surface area contributed by atoms with Crippen molar-refractivity contribution in [2.45, 2.75) is 39.0 Å². The Hall–Kier alpha value is 0.0700. The third-order valence-electron chi connectivity index (χ3n) is 1.64. The van der Waals surface area contributed by atoms with Crippen molar-refractivity contribution in [1.29, 1.82) is 0 Å². The Balaban J connectivity index is 4.25. The first-order valence-corrected chi connectivity index (χ1v) is 4.66. The van der Waals surface area contributed by atoms with E-state index in [1.165, 1.54) is 6.92 Å². The summed E-state index contributed by atoms with van der Waals surface area (Å²) in [6, 6.07) is 0. The van der Waals surface area contributed by atoms with Crippen molar-refractivity contribution in [3.8, 4) is 0 Å². The lowest BCUT2D eigenvalue weighted by molar-refractivity contribution is 0.0621. The van der Waals surface area contributed by atoms with E-state index in [4.69, 9.17) is 0 Å². The minimum Gasteiger partial charge on any atom is -0.772 e. The van der Waals surface area contributed by atoms with Crippen LogP contribution in [0.1, 0.15) is 27.7 Å². The lowest BCUT2D eigenvalue weighted by Gasteiger charge is -2.31. The van der Waals surface area contributed by atoms with Crippen molar-refractivity contribution in [3.05, 3.63) is 0 Å². The van der Waals surface area contributed by atoms with Gasteiger partial charge in [-0.1, -0.05) is 20.8 Å². The van der Waals surface area contributed by atoms with Gasteiger partial charge in [-0.05, 0) is 23.4 Å². The molecule has 0 aliphatic heterocycles. The summed E-state index contributed by atoms with van der Waals surface area (Å²) in [6.07, 6.45) is -0.805. The zero-order valence-corrected chi connectivity index (χ0v) is 8.14. The molecule has 0 bridgehead atoms. The van der Waals surface area contributed by atoms with Crippen molar-refractivity contribution in [2.24, 2.45) is 5.41 Å². The summed E-state index contributed by atoms with van der Waals surface area (Å²) < 4.78 is 20.9. The van der Waals surface area contributed by atoms with Gasteiger partial charge in [-0.25, -0.2) is 0 Å². The number of hydrogen-bond acceptors (Lipinski definition) is 3. The lowest BCUT2D eigenvalue weighted by Crippen LogP contribution is -2.38. The van der Waals surface area contributed by atoms with Gasteiger partial charge >= 0.3 is 0 Å². The molecule has 68 valence electrons. The predicted molar refractivity (Wildman–Crippen MR) is 43.8 cm³/mol. The molecule has 0 saturated heterocycles. The van der Waals surface area contributed by atoms with Crippen molar-refractivity contribution < 1.29 is 13.9 Å². The van der Waals surface area contributed by atoms with Gasteiger partial charge in [-0.3, -0.25) is 4.21 Å². The molecule has 4 heteroatoms. The van der Waals surface area contributed by atoms with E-state index in [0.29, 0.717) is 0 Å². The van der Waals surface area contributed by atoms with Crippen LogP contribution in [0, 0.1) is 5.41 Å². The van der Waals surface area contributed by atoms with Crippen LogP contribution in [0.5, 0.6) is 0 Å². The van der Waals surface area contributed by atoms with Crippen LogP contribution in [0.15, 0.2) is 0 Å². The molecule has 0 aromatic carbocycles. The maximum absolute atomic E-state index is 10.4. The SMILES string of the molecule is C[C@@H]([C@@H](O)C(C)(C)C)S(=O)[O-]. The average molecular weight is 179 g/mol. The smallest absolute Gasteiger partial charge is 0.0717 e. The van der Waals surface area contributed by atoms with Crippen LogP contribution in [-0.4, -0.2) is 25.2 Å². The Labute approximate surface area is 70.1 Å². The Morgan fingerprint density at radius 3 is 1.91 bits per heavy atom. The highest BCUT2D eigenvalue weighted by Crippen LogP contribution is 2.23. The molecule has 1 N–H and O–H groups in total. The second-order valence-electron chi connectivity index (χ2n) is 3.78. The number of hydrogen-bond donors (Lipinski definition) is 1. The fourth-order valence-electron chi connectivity index (χ4n) is 0.809. The molecule has 0 fully saturated rings. The maximum atomic E-state index is 10.4. The molecule has 1 unspecified atom stereocenters. The first-order valence-electron chi connectivity index (χ1n) is 3.53. The predicted octanol–water partition coefficient (Wildman–Crippen LogP) is 0.661. The molecule has 0 aliphatic carbocycles. The molecule has 3 nitrogen and oxygen atoms in total. The van der Waals surface area contributed by atoms with Gasteiger partial charge in [0.2, 0.25) is 0 Å². The van der Waals surface area contributed by atoms with Crippen LogP contribution in [0.25, 0.3) is 0 Å². The molecule has 0 aromatic heterocycles. The van der Waals surface area contributed by atoms with Gasteiger partial charge in [0, 0.05) is 5.25 Å². The van der Waals surface area contributed by atoms with E-state index >= 15 is 0 Å². The number of aliphatic hydroxyl groups is 1. The van der Waals surface area contributed by atoms with Crippen LogP contribution < -0.4 is 0 Å². The van der Waals surface area contributed by atoms with Gasteiger partial charge in [0.15, 0.2) is 0 Å². The normalized spacial score (nSPS) is 20.9. The van der Waals surface area contributed by atoms with E-state index in [9.17, 15) is 13.9 Å². The van der Waals surface area contributed by atoms with Crippen molar-refractivity contribution in [3.63, 3.8) is 0 Å². The average Bonchev–Trinajstić information content (AvgIpc) is 1.82. The van der Waals surface area contributed by atoms with Crippen LogP contribution in [0.2, 0.25) is 0 Å². The van der Waals surface area contributed by atoms with Crippen molar-refractivity contribution in [2.75, 3.05) is 0 Å². The quantitative estimate of drug-likeness (QED) is 0.633. The monoisotopic (exact) mass is 179 g/mol. The molecule has 0 saturated carbocycles. The molecule has 3 atom stereocenters. The summed E-state index contributed by atoms with van der Waals surface area (Å²) in [6.45, 7) is 6.92. The highest BCUT2D eigenvalue weighted by molar-refractivity contribution is 7.79. The fourth-order valence-corrected chi connectivity index (χ4v) is 1.43. The van der Waals surface area contributed by atoms with Gasteiger partial charge in [0.05, 0.1) is 6.10 Å². The van der Waals surface area contributed by atoms with E-state index in [1.807, 2.05) is 0 Å². The van der Waals surface area contributed by atoms with Crippen LogP contribution in [-0.2, 0) is 11.1 Å². The Bertz CT molecular complexity index is 150. The molecule has 11 heavy (non-hydrogen) atoms. The first-order chi connectivity index (χ1) is 4.76. The van der Waals surface area contributed by atoms with Crippen molar-refractivity contribution >= 4 is 11.1 Å².